The normalized spacial score (nSPS) is 19.9. The van der Waals surface area contributed by atoms with Gasteiger partial charge in [-0.25, -0.2) is 4.79 Å². The maximum absolute atomic E-state index is 12.0. The molecule has 1 heterocycles. The SMILES string of the molecule is C=CC1=C(C=C(C)C)OCC[C@@H]1CNC1=C(C(=O)OC)C=CCC=C1. The highest BCUT2D eigenvalue weighted by molar-refractivity contribution is 5.93. The Labute approximate surface area is 150 Å². The Balaban J connectivity index is 2.22. The first-order valence-corrected chi connectivity index (χ1v) is 8.60. The van der Waals surface area contributed by atoms with E-state index in [-0.39, 0.29) is 11.9 Å². The summed E-state index contributed by atoms with van der Waals surface area (Å²) in [5, 5.41) is 3.42. The van der Waals surface area contributed by atoms with Crippen LogP contribution in [0, 0.1) is 5.92 Å². The van der Waals surface area contributed by atoms with E-state index in [1.54, 1.807) is 0 Å². The van der Waals surface area contributed by atoms with Gasteiger partial charge in [0.2, 0.25) is 0 Å². The molecule has 1 N–H and O–H groups in total. The lowest BCUT2D eigenvalue weighted by Gasteiger charge is -2.27. The summed E-state index contributed by atoms with van der Waals surface area (Å²) in [5.41, 5.74) is 3.64. The monoisotopic (exact) mass is 341 g/mol. The van der Waals surface area contributed by atoms with Crippen molar-refractivity contribution in [1.82, 2.24) is 5.32 Å². The Morgan fingerprint density at radius 2 is 2.16 bits per heavy atom. The van der Waals surface area contributed by atoms with E-state index in [9.17, 15) is 4.79 Å². The van der Waals surface area contributed by atoms with E-state index in [1.165, 1.54) is 12.7 Å². The predicted octanol–water partition coefficient (Wildman–Crippen LogP) is 3.96. The van der Waals surface area contributed by atoms with Gasteiger partial charge in [-0.3, -0.25) is 0 Å². The summed E-state index contributed by atoms with van der Waals surface area (Å²) in [6.45, 7) is 9.44. The third-order valence-electron chi connectivity index (χ3n) is 4.16. The molecule has 0 aromatic rings. The Morgan fingerprint density at radius 3 is 2.84 bits per heavy atom. The molecule has 0 spiro atoms. The van der Waals surface area contributed by atoms with E-state index < -0.39 is 0 Å². The van der Waals surface area contributed by atoms with E-state index >= 15 is 0 Å². The Kier molecular flexibility index (Phi) is 6.87. The molecule has 0 unspecified atom stereocenters. The van der Waals surface area contributed by atoms with Gasteiger partial charge in [-0.15, -0.1) is 0 Å². The third-order valence-corrected chi connectivity index (χ3v) is 4.16. The van der Waals surface area contributed by atoms with Crippen molar-refractivity contribution in [2.75, 3.05) is 20.3 Å². The Hall–Kier alpha value is -2.49. The molecule has 25 heavy (non-hydrogen) atoms. The van der Waals surface area contributed by atoms with Crippen LogP contribution in [-0.4, -0.2) is 26.2 Å². The number of esters is 1. The van der Waals surface area contributed by atoms with Crippen molar-refractivity contribution >= 4 is 5.97 Å². The summed E-state index contributed by atoms with van der Waals surface area (Å²) < 4.78 is 10.7. The minimum absolute atomic E-state index is 0.281. The van der Waals surface area contributed by atoms with Gasteiger partial charge in [-0.1, -0.05) is 30.4 Å². The quantitative estimate of drug-likeness (QED) is 0.743. The van der Waals surface area contributed by atoms with E-state index in [1.807, 2.05) is 30.4 Å². The highest BCUT2D eigenvalue weighted by atomic mass is 16.5. The number of carbonyl (C=O) groups is 1. The first-order valence-electron chi connectivity index (χ1n) is 8.60. The van der Waals surface area contributed by atoms with Crippen molar-refractivity contribution in [2.24, 2.45) is 5.92 Å². The van der Waals surface area contributed by atoms with Gasteiger partial charge >= 0.3 is 5.97 Å². The molecule has 2 rings (SSSR count). The zero-order valence-corrected chi connectivity index (χ0v) is 15.3. The number of nitrogens with one attached hydrogen (secondary N) is 1. The van der Waals surface area contributed by atoms with Crippen LogP contribution in [0.25, 0.3) is 0 Å². The Bertz CT molecular complexity index is 673. The lowest BCUT2D eigenvalue weighted by atomic mass is 9.92. The minimum atomic E-state index is -0.331. The van der Waals surface area contributed by atoms with Crippen LogP contribution in [0.1, 0.15) is 26.7 Å². The average molecular weight is 341 g/mol. The van der Waals surface area contributed by atoms with E-state index in [2.05, 4.69) is 31.8 Å². The lowest BCUT2D eigenvalue weighted by Crippen LogP contribution is -2.28. The van der Waals surface area contributed by atoms with Crippen molar-refractivity contribution in [3.05, 3.63) is 71.2 Å². The smallest absolute Gasteiger partial charge is 0.339 e. The molecule has 1 aliphatic heterocycles. The van der Waals surface area contributed by atoms with Crippen LogP contribution in [-0.2, 0) is 14.3 Å². The molecule has 4 heteroatoms. The second kappa shape index (κ2) is 9.11. The molecular formula is C21H27NO3. The van der Waals surface area contributed by atoms with Gasteiger partial charge < -0.3 is 14.8 Å². The molecule has 0 aromatic heterocycles. The number of hydrogen-bond donors (Lipinski definition) is 1. The van der Waals surface area contributed by atoms with Gasteiger partial charge in [-0.2, -0.15) is 0 Å². The highest BCUT2D eigenvalue weighted by Gasteiger charge is 2.22. The van der Waals surface area contributed by atoms with Gasteiger partial charge in [0.25, 0.3) is 0 Å². The molecule has 4 nitrogen and oxygen atoms in total. The van der Waals surface area contributed by atoms with E-state index in [0.29, 0.717) is 18.7 Å². The maximum atomic E-state index is 12.0. The largest absolute Gasteiger partial charge is 0.493 e. The number of hydrogen-bond acceptors (Lipinski definition) is 4. The van der Waals surface area contributed by atoms with Crippen LogP contribution >= 0.6 is 0 Å². The highest BCUT2D eigenvalue weighted by Crippen LogP contribution is 2.28. The van der Waals surface area contributed by atoms with Crippen molar-refractivity contribution in [3.63, 3.8) is 0 Å². The van der Waals surface area contributed by atoms with Gasteiger partial charge in [0.1, 0.15) is 5.76 Å². The fourth-order valence-electron chi connectivity index (χ4n) is 2.92. The molecule has 134 valence electrons. The zero-order chi connectivity index (χ0) is 18.2. The second-order valence-electron chi connectivity index (χ2n) is 6.32. The van der Waals surface area contributed by atoms with Gasteiger partial charge in [-0.05, 0) is 50.5 Å². The summed E-state index contributed by atoms with van der Waals surface area (Å²) >= 11 is 0. The molecule has 0 radical (unpaired) electrons. The first-order chi connectivity index (χ1) is 12.1. The number of allylic oxidation sites excluding steroid dienone is 6. The molecule has 1 aliphatic carbocycles. The predicted molar refractivity (Wildman–Crippen MR) is 101 cm³/mol. The molecule has 2 aliphatic rings. The Morgan fingerprint density at radius 1 is 1.40 bits per heavy atom. The van der Waals surface area contributed by atoms with Gasteiger partial charge in [0, 0.05) is 18.2 Å². The summed E-state index contributed by atoms with van der Waals surface area (Å²) in [6, 6.07) is 0. The fourth-order valence-corrected chi connectivity index (χ4v) is 2.92. The van der Waals surface area contributed by atoms with E-state index in [0.717, 1.165) is 29.9 Å². The minimum Gasteiger partial charge on any atom is -0.493 e. The molecule has 0 aromatic carbocycles. The number of carbonyl (C=O) groups excluding carboxylic acids is 1. The van der Waals surface area contributed by atoms with E-state index in [4.69, 9.17) is 9.47 Å². The second-order valence-corrected chi connectivity index (χ2v) is 6.32. The topological polar surface area (TPSA) is 47.6 Å². The van der Waals surface area contributed by atoms with Crippen molar-refractivity contribution in [2.45, 2.75) is 26.7 Å². The number of methoxy groups -OCH3 is 1. The molecule has 0 fully saturated rings. The summed E-state index contributed by atoms with van der Waals surface area (Å²) in [7, 11) is 1.40. The number of rotatable bonds is 6. The van der Waals surface area contributed by atoms with Crippen LogP contribution < -0.4 is 5.32 Å². The third kappa shape index (κ3) is 4.99. The molecule has 0 amide bonds. The summed E-state index contributed by atoms with van der Waals surface area (Å²) in [4.78, 5) is 12.0. The summed E-state index contributed by atoms with van der Waals surface area (Å²) in [5.74, 6) is 0.845. The van der Waals surface area contributed by atoms with Crippen molar-refractivity contribution in [3.8, 4) is 0 Å². The molecule has 0 bridgehead atoms. The van der Waals surface area contributed by atoms with Crippen molar-refractivity contribution < 1.29 is 14.3 Å². The first kappa shape index (κ1) is 18.8. The van der Waals surface area contributed by atoms with Crippen LogP contribution in [0.5, 0.6) is 0 Å². The summed E-state index contributed by atoms with van der Waals surface area (Å²) in [6.07, 6.45) is 13.4. The standard InChI is InChI=1S/C21H27NO3/c1-5-17-16(11-12-25-20(17)13-15(2)3)14-22-19-10-8-6-7-9-18(19)21(23)24-4/h5,7-10,13,16,22H,1,6,11-12,14H2,2-4H3/t16-/m1/s1. The lowest BCUT2D eigenvalue weighted by molar-refractivity contribution is -0.135. The van der Waals surface area contributed by atoms with Crippen LogP contribution in [0.4, 0.5) is 0 Å². The van der Waals surface area contributed by atoms with Crippen LogP contribution in [0.3, 0.4) is 0 Å². The van der Waals surface area contributed by atoms with Gasteiger partial charge in [0.15, 0.2) is 0 Å². The molecular weight excluding hydrogens is 314 g/mol. The van der Waals surface area contributed by atoms with Crippen molar-refractivity contribution in [1.29, 1.82) is 0 Å². The molecule has 0 saturated heterocycles. The maximum Gasteiger partial charge on any atom is 0.339 e. The fraction of sp³-hybridized carbons (Fsp3) is 0.381. The van der Waals surface area contributed by atoms with Crippen LogP contribution in [0.15, 0.2) is 71.2 Å². The number of ether oxygens (including phenoxy) is 2. The van der Waals surface area contributed by atoms with Crippen LogP contribution in [0.2, 0.25) is 0 Å². The zero-order valence-electron chi connectivity index (χ0n) is 15.3. The van der Waals surface area contributed by atoms with Gasteiger partial charge in [0.05, 0.1) is 19.3 Å². The molecule has 0 saturated carbocycles. The molecule has 1 atom stereocenters. The average Bonchev–Trinajstić information content (AvgIpc) is 2.84.